The van der Waals surface area contributed by atoms with E-state index in [-0.39, 0.29) is 11.2 Å². The average molecular weight is 405 g/mol. The first-order chi connectivity index (χ1) is 13.4. The molecule has 1 amide bonds. The maximum absolute atomic E-state index is 13.7. The molecule has 1 aliphatic heterocycles. The molecule has 0 spiro atoms. The lowest BCUT2D eigenvalue weighted by Crippen LogP contribution is -2.44. The molecule has 1 atom stereocenters. The highest BCUT2D eigenvalue weighted by Crippen LogP contribution is 2.27. The monoisotopic (exact) mass is 404 g/mol. The van der Waals surface area contributed by atoms with Crippen LogP contribution in [0, 0.1) is 12.7 Å². The van der Waals surface area contributed by atoms with E-state index in [1.54, 1.807) is 23.6 Å². The van der Waals surface area contributed by atoms with Crippen LogP contribution in [-0.2, 0) is 0 Å². The Morgan fingerprint density at radius 2 is 2.21 bits per heavy atom. The fraction of sp³-hybridized carbons (Fsp3) is 0.333. The topological polar surface area (TPSA) is 95.7 Å². The zero-order chi connectivity index (χ0) is 19.8. The first-order valence-corrected chi connectivity index (χ1v) is 9.21. The third kappa shape index (κ3) is 3.45. The zero-order valence-corrected chi connectivity index (χ0v) is 15.8. The van der Waals surface area contributed by atoms with Gasteiger partial charge in [-0.3, -0.25) is 4.40 Å². The Hall–Kier alpha value is -2.94. The summed E-state index contributed by atoms with van der Waals surface area (Å²) in [7, 11) is 0. The maximum Gasteiger partial charge on any atom is 0.407 e. The highest BCUT2D eigenvalue weighted by atomic mass is 35.5. The summed E-state index contributed by atoms with van der Waals surface area (Å²) in [6.45, 7) is 2.68. The number of rotatable bonds is 3. The van der Waals surface area contributed by atoms with E-state index in [4.69, 9.17) is 11.6 Å². The van der Waals surface area contributed by atoms with Gasteiger partial charge in [0.25, 0.3) is 0 Å². The Morgan fingerprint density at radius 3 is 3.00 bits per heavy atom. The molecule has 2 N–H and O–H groups in total. The van der Waals surface area contributed by atoms with Crippen molar-refractivity contribution < 1.29 is 14.3 Å². The molecule has 28 heavy (non-hydrogen) atoms. The van der Waals surface area contributed by atoms with E-state index in [1.165, 1.54) is 17.2 Å². The maximum atomic E-state index is 13.7. The van der Waals surface area contributed by atoms with Crippen molar-refractivity contribution in [3.05, 3.63) is 41.1 Å². The van der Waals surface area contributed by atoms with E-state index in [0.29, 0.717) is 41.6 Å². The summed E-state index contributed by atoms with van der Waals surface area (Å²) in [6.07, 6.45) is 3.53. The minimum Gasteiger partial charge on any atom is -0.465 e. The van der Waals surface area contributed by atoms with Crippen LogP contribution in [0.3, 0.4) is 0 Å². The van der Waals surface area contributed by atoms with Crippen LogP contribution >= 0.6 is 11.6 Å². The molecule has 0 bridgehead atoms. The van der Waals surface area contributed by atoms with Crippen molar-refractivity contribution in [3.8, 4) is 11.5 Å². The lowest BCUT2D eigenvalue weighted by atomic mass is 10.1. The number of halogens is 2. The largest absolute Gasteiger partial charge is 0.465 e. The number of likely N-dealkylation sites (tertiary alicyclic amines) is 1. The summed E-state index contributed by atoms with van der Waals surface area (Å²) in [5.41, 5.74) is 1.74. The van der Waals surface area contributed by atoms with Gasteiger partial charge in [-0.05, 0) is 31.9 Å². The van der Waals surface area contributed by atoms with Crippen LogP contribution < -0.4 is 5.32 Å². The quantitative estimate of drug-likeness (QED) is 0.649. The number of anilines is 1. The molecule has 10 heteroatoms. The van der Waals surface area contributed by atoms with Crippen LogP contribution in [0.4, 0.5) is 15.0 Å². The SMILES string of the molecule is Cc1c(Cl)nc(-c2cnc3ccc(F)cn23)nc1N[C@@H]1CCCN(C(=O)O)C1. The molecule has 1 saturated heterocycles. The van der Waals surface area contributed by atoms with Gasteiger partial charge < -0.3 is 15.3 Å². The number of fused-ring (bicyclic) bond motifs is 1. The van der Waals surface area contributed by atoms with Gasteiger partial charge >= 0.3 is 6.09 Å². The Kier molecular flexibility index (Phi) is 4.76. The molecule has 8 nitrogen and oxygen atoms in total. The highest BCUT2D eigenvalue weighted by molar-refractivity contribution is 6.30. The number of hydrogen-bond acceptors (Lipinski definition) is 5. The summed E-state index contributed by atoms with van der Waals surface area (Å²) >= 11 is 6.32. The molecular formula is C18H18ClFN6O2. The predicted molar refractivity (Wildman–Crippen MR) is 102 cm³/mol. The molecule has 0 aromatic carbocycles. The van der Waals surface area contributed by atoms with Gasteiger partial charge in [0, 0.05) is 30.9 Å². The van der Waals surface area contributed by atoms with Crippen LogP contribution in [0.15, 0.2) is 24.5 Å². The summed E-state index contributed by atoms with van der Waals surface area (Å²) < 4.78 is 15.2. The van der Waals surface area contributed by atoms with Gasteiger partial charge in [-0.25, -0.2) is 24.1 Å². The summed E-state index contributed by atoms with van der Waals surface area (Å²) in [6, 6.07) is 2.82. The molecule has 0 radical (unpaired) electrons. The fourth-order valence-corrected chi connectivity index (χ4v) is 3.50. The van der Waals surface area contributed by atoms with Crippen molar-refractivity contribution in [2.24, 2.45) is 0 Å². The molecule has 0 unspecified atom stereocenters. The lowest BCUT2D eigenvalue weighted by molar-refractivity contribution is 0.133. The molecule has 0 aliphatic carbocycles. The zero-order valence-electron chi connectivity index (χ0n) is 15.1. The predicted octanol–water partition coefficient (Wildman–Crippen LogP) is 3.45. The van der Waals surface area contributed by atoms with E-state index in [9.17, 15) is 14.3 Å². The number of piperidine rings is 1. The van der Waals surface area contributed by atoms with Gasteiger partial charge in [0.2, 0.25) is 0 Å². The Balaban J connectivity index is 1.68. The van der Waals surface area contributed by atoms with Gasteiger partial charge in [0.05, 0.1) is 6.20 Å². The molecule has 4 rings (SSSR count). The van der Waals surface area contributed by atoms with E-state index in [1.807, 2.05) is 0 Å². The molecule has 0 saturated carbocycles. The molecule has 1 fully saturated rings. The van der Waals surface area contributed by atoms with Crippen molar-refractivity contribution in [2.45, 2.75) is 25.8 Å². The Bertz CT molecular complexity index is 1060. The number of nitrogens with zero attached hydrogens (tertiary/aromatic N) is 5. The van der Waals surface area contributed by atoms with Crippen LogP contribution in [0.1, 0.15) is 18.4 Å². The number of carbonyl (C=O) groups is 1. The molecule has 3 aromatic heterocycles. The minimum atomic E-state index is -0.933. The number of carboxylic acid groups (broad SMARTS) is 1. The first-order valence-electron chi connectivity index (χ1n) is 8.84. The van der Waals surface area contributed by atoms with Gasteiger partial charge in [-0.1, -0.05) is 11.6 Å². The van der Waals surface area contributed by atoms with Crippen molar-refractivity contribution in [2.75, 3.05) is 18.4 Å². The number of aromatic nitrogens is 4. The van der Waals surface area contributed by atoms with Gasteiger partial charge in [-0.2, -0.15) is 0 Å². The van der Waals surface area contributed by atoms with E-state index < -0.39 is 11.9 Å². The Labute approximate surface area is 165 Å². The molecule has 146 valence electrons. The summed E-state index contributed by atoms with van der Waals surface area (Å²) in [4.78, 5) is 25.8. The van der Waals surface area contributed by atoms with Crippen molar-refractivity contribution in [1.29, 1.82) is 0 Å². The number of hydrogen-bond donors (Lipinski definition) is 2. The highest BCUT2D eigenvalue weighted by Gasteiger charge is 2.24. The second-order valence-electron chi connectivity index (χ2n) is 6.74. The van der Waals surface area contributed by atoms with Crippen molar-refractivity contribution >= 4 is 29.2 Å². The lowest BCUT2D eigenvalue weighted by Gasteiger charge is -2.31. The third-order valence-electron chi connectivity index (χ3n) is 4.82. The van der Waals surface area contributed by atoms with E-state index in [2.05, 4.69) is 20.3 Å². The van der Waals surface area contributed by atoms with Gasteiger partial charge in [0.1, 0.15) is 28.1 Å². The molecule has 1 aliphatic rings. The van der Waals surface area contributed by atoms with Crippen LogP contribution in [0.5, 0.6) is 0 Å². The second kappa shape index (κ2) is 7.23. The molecule has 3 aromatic rings. The normalized spacial score (nSPS) is 17.1. The van der Waals surface area contributed by atoms with Gasteiger partial charge in [0.15, 0.2) is 5.82 Å². The average Bonchev–Trinajstić information content (AvgIpc) is 3.08. The van der Waals surface area contributed by atoms with Crippen LogP contribution in [0.2, 0.25) is 5.15 Å². The number of imidazole rings is 1. The number of nitrogens with one attached hydrogen (secondary N) is 1. The standard InChI is InChI=1S/C18H18ClFN6O2/c1-10-15(19)23-17(13-7-21-14-5-4-11(20)8-26(13)14)24-16(10)22-12-3-2-6-25(9-12)18(27)28/h4-5,7-8,12H,2-3,6,9H2,1H3,(H,27,28)(H,22,23,24)/t12-/m1/s1. The molecule has 4 heterocycles. The van der Waals surface area contributed by atoms with Crippen LogP contribution in [0.25, 0.3) is 17.2 Å². The first kappa shape index (κ1) is 18.4. The van der Waals surface area contributed by atoms with Gasteiger partial charge in [-0.15, -0.1) is 0 Å². The smallest absolute Gasteiger partial charge is 0.407 e. The van der Waals surface area contributed by atoms with Crippen LogP contribution in [-0.4, -0.2) is 54.6 Å². The van der Waals surface area contributed by atoms with E-state index in [0.717, 1.165) is 12.8 Å². The number of amides is 1. The molecular weight excluding hydrogens is 387 g/mol. The summed E-state index contributed by atoms with van der Waals surface area (Å²) in [5.74, 6) is 0.431. The summed E-state index contributed by atoms with van der Waals surface area (Å²) in [5, 5.41) is 12.8. The second-order valence-corrected chi connectivity index (χ2v) is 7.10. The minimum absolute atomic E-state index is 0.0815. The van der Waals surface area contributed by atoms with Crippen molar-refractivity contribution in [3.63, 3.8) is 0 Å². The van der Waals surface area contributed by atoms with E-state index >= 15 is 0 Å². The third-order valence-corrected chi connectivity index (χ3v) is 5.19. The Morgan fingerprint density at radius 1 is 1.39 bits per heavy atom. The fourth-order valence-electron chi connectivity index (χ4n) is 3.33. The number of pyridine rings is 1. The van der Waals surface area contributed by atoms with Crippen molar-refractivity contribution in [1.82, 2.24) is 24.3 Å².